The van der Waals surface area contributed by atoms with Gasteiger partial charge < -0.3 is 15.0 Å². The van der Waals surface area contributed by atoms with Gasteiger partial charge in [0.25, 0.3) is 5.91 Å². The lowest BCUT2D eigenvalue weighted by molar-refractivity contribution is 0.0767. The Bertz CT molecular complexity index is 1170. The summed E-state index contributed by atoms with van der Waals surface area (Å²) in [6.07, 6.45) is 2.27. The van der Waals surface area contributed by atoms with Gasteiger partial charge in [0.05, 0.1) is 6.54 Å². The van der Waals surface area contributed by atoms with Gasteiger partial charge in [-0.05, 0) is 55.3 Å². The largest absolute Gasteiger partial charge is 0.489 e. The Hall–Kier alpha value is -3.29. The van der Waals surface area contributed by atoms with Crippen LogP contribution in [-0.4, -0.2) is 65.1 Å². The lowest BCUT2D eigenvalue weighted by atomic mass is 10.0. The number of halogens is 1. The average molecular weight is 489 g/mol. The molecule has 3 atom stereocenters. The number of aromatic nitrogens is 1. The topological polar surface area (TPSA) is 57.7 Å². The Morgan fingerprint density at radius 2 is 1.75 bits per heavy atom. The first-order valence-electron chi connectivity index (χ1n) is 12.7. The van der Waals surface area contributed by atoms with E-state index >= 15 is 0 Å². The van der Waals surface area contributed by atoms with Crippen LogP contribution in [0.25, 0.3) is 11.1 Å². The third-order valence-corrected chi connectivity index (χ3v) is 6.86. The molecule has 36 heavy (non-hydrogen) atoms. The van der Waals surface area contributed by atoms with Crippen molar-refractivity contribution < 1.29 is 13.9 Å². The van der Waals surface area contributed by atoms with Gasteiger partial charge in [-0.2, -0.15) is 0 Å². The van der Waals surface area contributed by atoms with Crippen LogP contribution < -0.4 is 10.1 Å². The van der Waals surface area contributed by atoms with E-state index in [0.717, 1.165) is 37.2 Å². The van der Waals surface area contributed by atoms with Gasteiger partial charge in [-0.1, -0.05) is 30.3 Å². The van der Waals surface area contributed by atoms with Crippen molar-refractivity contribution in [3.63, 3.8) is 0 Å². The fourth-order valence-corrected chi connectivity index (χ4v) is 5.29. The van der Waals surface area contributed by atoms with Crippen LogP contribution in [0, 0.1) is 5.82 Å². The highest BCUT2D eigenvalue weighted by molar-refractivity contribution is 5.99. The lowest BCUT2D eigenvalue weighted by Gasteiger charge is -2.36. The number of hydrogen-bond acceptors (Lipinski definition) is 5. The monoisotopic (exact) mass is 488 g/mol. The van der Waals surface area contributed by atoms with Crippen LogP contribution in [0.3, 0.4) is 0 Å². The number of benzene rings is 2. The molecule has 6 nitrogen and oxygen atoms in total. The van der Waals surface area contributed by atoms with Gasteiger partial charge in [-0.25, -0.2) is 4.39 Å². The average Bonchev–Trinajstić information content (AvgIpc) is 3.33. The fraction of sp³-hybridized carbons (Fsp3) is 0.379. The second-order valence-corrected chi connectivity index (χ2v) is 9.99. The van der Waals surface area contributed by atoms with Crippen LogP contribution in [0.1, 0.15) is 36.3 Å². The van der Waals surface area contributed by atoms with Gasteiger partial charge in [0.1, 0.15) is 23.4 Å². The van der Waals surface area contributed by atoms with Crippen molar-refractivity contribution in [3.8, 4) is 16.9 Å². The summed E-state index contributed by atoms with van der Waals surface area (Å²) in [6, 6.07) is 19.3. The third-order valence-electron chi connectivity index (χ3n) is 6.86. The molecule has 5 rings (SSSR count). The molecule has 1 aromatic heterocycles. The van der Waals surface area contributed by atoms with Gasteiger partial charge in [-0.3, -0.25) is 14.7 Å². The molecule has 2 aromatic carbocycles. The van der Waals surface area contributed by atoms with Gasteiger partial charge in [0.2, 0.25) is 0 Å². The van der Waals surface area contributed by atoms with Gasteiger partial charge in [0.15, 0.2) is 0 Å². The highest BCUT2D eigenvalue weighted by Gasteiger charge is 2.30. The maximum absolute atomic E-state index is 13.4. The molecule has 3 heterocycles. The van der Waals surface area contributed by atoms with Crippen molar-refractivity contribution in [3.05, 3.63) is 83.9 Å². The first-order chi connectivity index (χ1) is 17.4. The number of hydrogen-bond donors (Lipinski definition) is 1. The van der Waals surface area contributed by atoms with E-state index in [-0.39, 0.29) is 17.8 Å². The molecule has 2 saturated heterocycles. The number of amides is 1. The van der Waals surface area contributed by atoms with Crippen LogP contribution in [0.2, 0.25) is 0 Å². The van der Waals surface area contributed by atoms with Crippen LogP contribution >= 0.6 is 0 Å². The van der Waals surface area contributed by atoms with Crippen molar-refractivity contribution in [2.75, 3.05) is 26.2 Å². The predicted molar refractivity (Wildman–Crippen MR) is 138 cm³/mol. The molecule has 0 aliphatic carbocycles. The maximum atomic E-state index is 13.4. The van der Waals surface area contributed by atoms with Crippen molar-refractivity contribution >= 4 is 5.91 Å². The molecule has 2 fully saturated rings. The number of rotatable bonds is 6. The molecular formula is C29H33FN4O2. The van der Waals surface area contributed by atoms with Crippen molar-refractivity contribution in [2.24, 2.45) is 0 Å². The summed E-state index contributed by atoms with van der Waals surface area (Å²) in [5.41, 5.74) is 3.53. The Kier molecular flexibility index (Phi) is 7.30. The normalized spacial score (nSPS) is 22.5. The third kappa shape index (κ3) is 5.74. The lowest BCUT2D eigenvalue weighted by Crippen LogP contribution is -2.53. The van der Waals surface area contributed by atoms with E-state index < -0.39 is 0 Å². The minimum Gasteiger partial charge on any atom is -0.489 e. The summed E-state index contributed by atoms with van der Waals surface area (Å²) in [6.45, 7) is 8.52. The molecule has 0 unspecified atom stereocenters. The second-order valence-electron chi connectivity index (χ2n) is 9.99. The molecule has 0 radical (unpaired) electrons. The molecule has 1 amide bonds. The minimum absolute atomic E-state index is 0.0938. The standard InChI is InChI=1S/C29H33FN4O2/c1-20-16-33(17-21(2)32-20)18-22-5-7-23(8-6-22)27-4-3-14-31-28(27)29(35)34-15-13-26(19-34)36-25-11-9-24(30)10-12-25/h3-12,14,20-21,26,32H,13,15-19H2,1-2H3/t20-,21+,26-/m0/s1. The fourth-order valence-electron chi connectivity index (χ4n) is 5.29. The quantitative estimate of drug-likeness (QED) is 0.559. The molecule has 0 spiro atoms. The Balaban J connectivity index is 1.25. The number of pyridine rings is 1. The van der Waals surface area contributed by atoms with Gasteiger partial charge in [0, 0.05) is 56.4 Å². The first kappa shape index (κ1) is 24.4. The summed E-state index contributed by atoms with van der Waals surface area (Å²) >= 11 is 0. The van der Waals surface area contributed by atoms with Crippen LogP contribution in [0.15, 0.2) is 66.9 Å². The highest BCUT2D eigenvalue weighted by Crippen LogP contribution is 2.26. The summed E-state index contributed by atoms with van der Waals surface area (Å²) < 4.78 is 19.1. The zero-order chi connectivity index (χ0) is 25.1. The molecule has 0 bridgehead atoms. The smallest absolute Gasteiger partial charge is 0.273 e. The zero-order valence-electron chi connectivity index (χ0n) is 20.9. The Morgan fingerprint density at radius 3 is 2.47 bits per heavy atom. The van der Waals surface area contributed by atoms with E-state index in [0.29, 0.717) is 36.6 Å². The van der Waals surface area contributed by atoms with E-state index in [1.807, 2.05) is 12.1 Å². The highest BCUT2D eigenvalue weighted by atomic mass is 19.1. The summed E-state index contributed by atoms with van der Waals surface area (Å²) in [4.78, 5) is 22.2. The molecule has 188 valence electrons. The number of nitrogens with zero attached hydrogens (tertiary/aromatic N) is 3. The van der Waals surface area contributed by atoms with Crippen LogP contribution in [0.5, 0.6) is 5.75 Å². The van der Waals surface area contributed by atoms with Crippen LogP contribution in [-0.2, 0) is 6.54 Å². The first-order valence-corrected chi connectivity index (χ1v) is 12.7. The van der Waals surface area contributed by atoms with E-state index in [1.165, 1.54) is 17.7 Å². The molecule has 2 aliphatic rings. The van der Waals surface area contributed by atoms with Crippen molar-refractivity contribution in [1.29, 1.82) is 0 Å². The minimum atomic E-state index is -0.297. The molecule has 2 aliphatic heterocycles. The Labute approximate surface area is 212 Å². The Morgan fingerprint density at radius 1 is 1.03 bits per heavy atom. The number of carbonyl (C=O) groups is 1. The van der Waals surface area contributed by atoms with E-state index in [9.17, 15) is 9.18 Å². The molecular weight excluding hydrogens is 455 g/mol. The number of ether oxygens (including phenoxy) is 1. The van der Waals surface area contributed by atoms with E-state index in [2.05, 4.69) is 53.3 Å². The number of likely N-dealkylation sites (tertiary alicyclic amines) is 1. The maximum Gasteiger partial charge on any atom is 0.273 e. The number of nitrogens with one attached hydrogen (secondary N) is 1. The predicted octanol–water partition coefficient (Wildman–Crippen LogP) is 4.36. The summed E-state index contributed by atoms with van der Waals surface area (Å²) in [5.74, 6) is 0.219. The molecule has 7 heteroatoms. The summed E-state index contributed by atoms with van der Waals surface area (Å²) in [7, 11) is 0. The molecule has 1 N–H and O–H groups in total. The molecule has 3 aromatic rings. The van der Waals surface area contributed by atoms with Crippen LogP contribution in [0.4, 0.5) is 4.39 Å². The molecule has 0 saturated carbocycles. The van der Waals surface area contributed by atoms with Crippen molar-refractivity contribution in [2.45, 2.75) is 45.0 Å². The number of carbonyl (C=O) groups excluding carboxylic acids is 1. The van der Waals surface area contributed by atoms with Gasteiger partial charge in [-0.15, -0.1) is 0 Å². The number of piperazine rings is 1. The van der Waals surface area contributed by atoms with Crippen molar-refractivity contribution in [1.82, 2.24) is 20.1 Å². The van der Waals surface area contributed by atoms with E-state index in [4.69, 9.17) is 4.74 Å². The summed E-state index contributed by atoms with van der Waals surface area (Å²) in [5, 5.41) is 3.58. The second kappa shape index (κ2) is 10.8. The van der Waals surface area contributed by atoms with E-state index in [1.54, 1.807) is 23.2 Å². The zero-order valence-corrected chi connectivity index (χ0v) is 20.9. The SMILES string of the molecule is C[C@@H]1CN(Cc2ccc(-c3cccnc3C(=O)N3CC[C@H](Oc4ccc(F)cc4)C3)cc2)C[C@H](C)N1. The van der Waals surface area contributed by atoms with Gasteiger partial charge >= 0.3 is 0 Å².